The topological polar surface area (TPSA) is 147 Å². The van der Waals surface area contributed by atoms with Crippen LogP contribution in [0.1, 0.15) is 202 Å². The van der Waals surface area contributed by atoms with Crippen molar-refractivity contribution >= 4 is 39.4 Å². The van der Waals surface area contributed by atoms with Crippen molar-refractivity contribution in [3.63, 3.8) is 0 Å². The highest BCUT2D eigenvalue weighted by Crippen LogP contribution is 2.66. The molecule has 8 fully saturated rings. The van der Waals surface area contributed by atoms with Gasteiger partial charge in [-0.3, -0.25) is 14.6 Å². The van der Waals surface area contributed by atoms with Gasteiger partial charge in [0.05, 0.1) is 6.10 Å². The third kappa shape index (κ3) is 8.38. The number of carbonyl (C=O) groups excluding carboxylic acids is 2. The van der Waals surface area contributed by atoms with Gasteiger partial charge in [-0.25, -0.2) is 0 Å². The summed E-state index contributed by atoms with van der Waals surface area (Å²) in [4.78, 5) is 35.3. The quantitative estimate of drug-likeness (QED) is 0.130. The predicted molar refractivity (Wildman–Crippen MR) is 295 cm³/mol. The lowest BCUT2D eigenvalue weighted by molar-refractivity contribution is -0.171. The fourth-order valence-electron chi connectivity index (χ4n) is 19.4. The van der Waals surface area contributed by atoms with E-state index in [1.807, 2.05) is 4.90 Å². The fraction of sp³-hybridized carbons (Fsp3) is 0.726. The number of esters is 1. The van der Waals surface area contributed by atoms with Gasteiger partial charge >= 0.3 is 5.97 Å². The summed E-state index contributed by atoms with van der Waals surface area (Å²) in [7, 11) is 4.23. The summed E-state index contributed by atoms with van der Waals surface area (Å²) in [6.07, 6.45) is 31.2. The monoisotopic (exact) mass is 1040 g/mol. The highest BCUT2D eigenvalue weighted by atomic mass is 33.1. The van der Waals surface area contributed by atoms with E-state index in [9.17, 15) is 19.8 Å². The van der Waals surface area contributed by atoms with Crippen LogP contribution in [-0.2, 0) is 27.3 Å². The minimum atomic E-state index is -0.795. The van der Waals surface area contributed by atoms with E-state index in [0.717, 1.165) is 86.7 Å². The molecule has 6 heterocycles. The van der Waals surface area contributed by atoms with Gasteiger partial charge in [0, 0.05) is 78.9 Å². The number of phenols is 1. The molecule has 12 unspecified atom stereocenters. The Balaban J connectivity index is 0.889. The van der Waals surface area contributed by atoms with Crippen LogP contribution in [0, 0.1) is 45.8 Å². The summed E-state index contributed by atoms with van der Waals surface area (Å²) in [5.74, 6) is 4.43. The molecule has 0 radical (unpaired) electrons. The Kier molecular flexibility index (Phi) is 13.0. The summed E-state index contributed by atoms with van der Waals surface area (Å²) in [5, 5.41) is 29.2. The lowest BCUT2D eigenvalue weighted by atomic mass is 9.57. The van der Waals surface area contributed by atoms with Crippen LogP contribution in [0.2, 0.25) is 0 Å². The second-order valence-corrected chi connectivity index (χ2v) is 29.1. The Morgan fingerprint density at radius 2 is 1.68 bits per heavy atom. The number of allylic oxidation sites excluding steroid dienone is 1. The van der Waals surface area contributed by atoms with Crippen LogP contribution in [0.25, 0.3) is 0 Å². The number of amides is 1. The number of nitrogens with zero attached hydrogens (tertiary/aromatic N) is 2. The van der Waals surface area contributed by atoms with Gasteiger partial charge in [-0.2, -0.15) is 0 Å². The van der Waals surface area contributed by atoms with Crippen LogP contribution >= 0.6 is 21.6 Å². The highest BCUT2D eigenvalue weighted by Gasteiger charge is 2.60. The normalized spacial score (nSPS) is 40.2. The van der Waals surface area contributed by atoms with Gasteiger partial charge in [0.1, 0.15) is 16.1 Å². The Labute approximate surface area is 448 Å². The molecule has 400 valence electrons. The molecule has 1 saturated heterocycles. The molecular weight excluding hydrogens is 961 g/mol. The van der Waals surface area contributed by atoms with Crippen LogP contribution < -0.4 is 15.8 Å². The number of aryl methyl sites for hydroxylation is 1. The van der Waals surface area contributed by atoms with E-state index in [1.165, 1.54) is 89.5 Å². The molecule has 5 spiro atoms. The molecule has 6 aliphatic heterocycles. The molecule has 2 aromatic carbocycles. The molecule has 5 N–H and O–H groups in total. The second-order valence-electron chi connectivity index (χ2n) is 26.5. The third-order valence-electron chi connectivity index (χ3n) is 23.0. The lowest BCUT2D eigenvalue weighted by Gasteiger charge is -2.51. The zero-order valence-corrected chi connectivity index (χ0v) is 45.9. The van der Waals surface area contributed by atoms with Crippen LogP contribution in [0.15, 0.2) is 53.5 Å². The van der Waals surface area contributed by atoms with E-state index in [4.69, 9.17) is 20.2 Å². The first-order chi connectivity index (χ1) is 35.8. The molecule has 1 amide bonds. The Hall–Kier alpha value is -3.35. The molecule has 74 heavy (non-hydrogen) atoms. The van der Waals surface area contributed by atoms with Gasteiger partial charge in [0.15, 0.2) is 17.5 Å². The van der Waals surface area contributed by atoms with Gasteiger partial charge in [-0.1, -0.05) is 83.7 Å². The van der Waals surface area contributed by atoms with Crippen molar-refractivity contribution in [1.82, 2.24) is 10.2 Å². The molecule has 12 atom stereocenters. The molecule has 8 aliphatic carbocycles. The second kappa shape index (κ2) is 19.2. The lowest BCUT2D eigenvalue weighted by Crippen LogP contribution is -2.56. The minimum absolute atomic E-state index is 0.0948. The molecule has 16 rings (SSSR count). The van der Waals surface area contributed by atoms with Gasteiger partial charge in [-0.05, 0) is 187 Å². The third-order valence-corrected chi connectivity index (χ3v) is 26.3. The zero-order valence-electron chi connectivity index (χ0n) is 44.3. The summed E-state index contributed by atoms with van der Waals surface area (Å²) in [5.41, 5.74) is 10.3. The average molecular weight is 1050 g/mol. The maximum atomic E-state index is 14.9. The van der Waals surface area contributed by atoms with E-state index in [-0.39, 0.29) is 63.5 Å². The first kappa shape index (κ1) is 50.2. The van der Waals surface area contributed by atoms with E-state index < -0.39 is 17.3 Å². The van der Waals surface area contributed by atoms with E-state index in [1.54, 1.807) is 0 Å². The molecule has 0 aromatic heterocycles. The average Bonchev–Trinajstić information content (AvgIpc) is 4.28. The summed E-state index contributed by atoms with van der Waals surface area (Å²) in [6, 6.07) is 13.0. The number of hydrogen-bond acceptors (Lipinski definition) is 11. The van der Waals surface area contributed by atoms with Crippen molar-refractivity contribution < 1.29 is 29.3 Å². The van der Waals surface area contributed by atoms with Crippen molar-refractivity contribution in [2.75, 3.05) is 18.8 Å². The first-order valence-corrected chi connectivity index (χ1v) is 32.0. The molecule has 7 saturated carbocycles. The Morgan fingerprint density at radius 1 is 0.878 bits per heavy atom. The molecule has 10 bridgehead atoms. The van der Waals surface area contributed by atoms with Gasteiger partial charge in [0.2, 0.25) is 5.91 Å². The predicted octanol–water partition coefficient (Wildman–Crippen LogP) is 12.4. The largest absolute Gasteiger partial charge is 0.504 e. The number of nitrogens with two attached hydrogens (primary N) is 1. The number of fused-ring (bicyclic) bond motifs is 1. The number of benzene rings is 2. The number of aliphatic hydroxyl groups excluding tert-OH is 1. The molecule has 14 aliphatic rings. The Morgan fingerprint density at radius 3 is 2.49 bits per heavy atom. The summed E-state index contributed by atoms with van der Waals surface area (Å²) >= 11 is 0. The number of hydrogen-bond donors (Lipinski definition) is 4. The van der Waals surface area contributed by atoms with Crippen LogP contribution in [0.3, 0.4) is 0 Å². The van der Waals surface area contributed by atoms with Crippen LogP contribution in [0.4, 0.5) is 0 Å². The standard InChI is InChI=1S/C62H84N4O6S2/c1-40(67)71-59-28-18-42-31-45(54(70)55-53(42)43-19-30-61(72-55)26-9-13-46(61)32-43)37-66-39-60(35-52(66)69)47(16-17-50(60)41-11-3-2-4-12-41)36-64-56(63)65-62(27-10-25-58(62)23-7-8-24-58)74-73-38-48-15-14-44(33-57(48)21-5-6-22-57)49(20-29-59)51(68)34-59/h2-4,11-12,19,30-31,43-44,46-51,68,70H,5-10,13-18,20-29,32-39H2,1H3,(H3,63,64,65). The van der Waals surface area contributed by atoms with Crippen molar-refractivity contribution in [3.8, 4) is 11.5 Å². The number of carbonyl (C=O) groups is 2. The number of guanidine groups is 1. The van der Waals surface area contributed by atoms with Crippen molar-refractivity contribution in [3.05, 3.63) is 70.8 Å². The first-order valence-electron chi connectivity index (χ1n) is 29.7. The highest BCUT2D eigenvalue weighted by molar-refractivity contribution is 8.77. The van der Waals surface area contributed by atoms with E-state index in [2.05, 4.69) is 75.5 Å². The number of aliphatic imine (C=N–C) groups is 1. The number of rotatable bonds is 2. The van der Waals surface area contributed by atoms with Gasteiger partial charge in [0.25, 0.3) is 0 Å². The fourth-order valence-corrected chi connectivity index (χ4v) is 23.4. The number of phenolic OH excluding ortho intramolecular Hbond substituents is 1. The summed E-state index contributed by atoms with van der Waals surface area (Å²) in [6.45, 7) is 2.97. The number of nitrogens with one attached hydrogen (secondary N) is 1. The van der Waals surface area contributed by atoms with Crippen LogP contribution in [-0.4, -0.2) is 74.0 Å². The molecule has 10 nitrogen and oxygen atoms in total. The van der Waals surface area contributed by atoms with Crippen molar-refractivity contribution in [2.24, 2.45) is 56.6 Å². The minimum Gasteiger partial charge on any atom is -0.504 e. The summed E-state index contributed by atoms with van der Waals surface area (Å²) < 4.78 is 13.7. The maximum absolute atomic E-state index is 14.9. The number of ether oxygens (including phenoxy) is 2. The molecule has 2 aromatic rings. The maximum Gasteiger partial charge on any atom is 0.303 e. The zero-order chi connectivity index (χ0) is 50.5. The van der Waals surface area contributed by atoms with E-state index in [0.29, 0.717) is 73.7 Å². The Bertz CT molecular complexity index is 2540. The van der Waals surface area contributed by atoms with Crippen molar-refractivity contribution in [1.29, 1.82) is 0 Å². The van der Waals surface area contributed by atoms with Crippen LogP contribution in [0.5, 0.6) is 11.5 Å². The van der Waals surface area contributed by atoms with Gasteiger partial charge < -0.3 is 35.6 Å². The smallest absolute Gasteiger partial charge is 0.303 e. The number of aliphatic hydroxyl groups is 1. The molecule has 12 heteroatoms. The van der Waals surface area contributed by atoms with Gasteiger partial charge in [-0.15, -0.1) is 0 Å². The number of aromatic hydroxyl groups is 1. The SMILES string of the molecule is CC(=O)OC12CCc3cc(c(O)c4c3C3C=CC5(CCCC5C3)O4)CN3CC4(CC3=O)C(CCC4c3ccccc3)CN=C(N)NC3(CCCC34CCCC4)SSCC3CCC(CC34CCCC4)C(CC1)C(O)C2. The van der Waals surface area contributed by atoms with Crippen molar-refractivity contribution in [2.45, 2.75) is 214 Å². The molecular formula is C62H84N4O6S2. The van der Waals surface area contributed by atoms with E-state index >= 15 is 0 Å².